The van der Waals surface area contributed by atoms with E-state index in [9.17, 15) is 0 Å². The number of hydrogen-bond acceptors (Lipinski definition) is 3. The van der Waals surface area contributed by atoms with Crippen LogP contribution in [-0.2, 0) is 0 Å². The third-order valence-electron chi connectivity index (χ3n) is 3.03. The van der Waals surface area contributed by atoms with E-state index in [2.05, 4.69) is 34.3 Å². The van der Waals surface area contributed by atoms with Crippen LogP contribution in [0.5, 0.6) is 0 Å². The van der Waals surface area contributed by atoms with E-state index in [1.807, 2.05) is 35.2 Å². The summed E-state index contributed by atoms with van der Waals surface area (Å²) in [5.74, 6) is 0.860. The van der Waals surface area contributed by atoms with E-state index < -0.39 is 0 Å². The van der Waals surface area contributed by atoms with Gasteiger partial charge < -0.3 is 5.32 Å². The maximum Gasteiger partial charge on any atom is 0.207 e. The molecule has 19 heavy (non-hydrogen) atoms. The molecule has 0 bridgehead atoms. The van der Waals surface area contributed by atoms with Gasteiger partial charge in [0.05, 0.1) is 17.4 Å². The fraction of sp³-hybridized carbons (Fsp3) is 0.200. The zero-order valence-corrected chi connectivity index (χ0v) is 10.9. The minimum absolute atomic E-state index is 0.860. The number of imidazole rings is 1. The highest BCUT2D eigenvalue weighted by Gasteiger charge is 2.05. The van der Waals surface area contributed by atoms with E-state index in [1.54, 1.807) is 6.20 Å². The third kappa shape index (κ3) is 2.29. The predicted octanol–water partition coefficient (Wildman–Crippen LogP) is 3.24. The fourth-order valence-corrected chi connectivity index (χ4v) is 2.07. The molecule has 0 aliphatic carbocycles. The Hall–Kier alpha value is -2.36. The van der Waals surface area contributed by atoms with Gasteiger partial charge in [0, 0.05) is 24.3 Å². The number of benzene rings is 1. The van der Waals surface area contributed by atoms with Crippen LogP contribution in [0, 0.1) is 0 Å². The minimum atomic E-state index is 0.860. The maximum atomic E-state index is 4.48. The Morgan fingerprint density at radius 2 is 2.11 bits per heavy atom. The molecule has 0 saturated heterocycles. The number of rotatable bonds is 4. The third-order valence-corrected chi connectivity index (χ3v) is 3.03. The van der Waals surface area contributed by atoms with Gasteiger partial charge in [-0.2, -0.15) is 0 Å². The largest absolute Gasteiger partial charge is 0.355 e. The number of aromatic nitrogens is 3. The summed E-state index contributed by atoms with van der Waals surface area (Å²) in [6, 6.07) is 10.2. The summed E-state index contributed by atoms with van der Waals surface area (Å²) >= 11 is 0. The number of pyridine rings is 1. The van der Waals surface area contributed by atoms with Crippen molar-refractivity contribution in [2.75, 3.05) is 11.9 Å². The van der Waals surface area contributed by atoms with Crippen molar-refractivity contribution in [2.24, 2.45) is 0 Å². The zero-order valence-electron chi connectivity index (χ0n) is 10.9. The lowest BCUT2D eigenvalue weighted by molar-refractivity contribution is 0.936. The monoisotopic (exact) mass is 252 g/mol. The Bertz CT molecular complexity index is 687. The SMILES string of the molecule is CCCNc1nccn1-c1cnc2ccccc2c1. The first-order valence-corrected chi connectivity index (χ1v) is 6.51. The summed E-state index contributed by atoms with van der Waals surface area (Å²) in [7, 11) is 0. The van der Waals surface area contributed by atoms with E-state index in [-0.39, 0.29) is 0 Å². The second-order valence-electron chi connectivity index (χ2n) is 4.43. The summed E-state index contributed by atoms with van der Waals surface area (Å²) in [6.07, 6.45) is 6.70. The molecule has 2 heterocycles. The smallest absolute Gasteiger partial charge is 0.207 e. The van der Waals surface area contributed by atoms with Crippen molar-refractivity contribution < 1.29 is 0 Å². The molecule has 4 nitrogen and oxygen atoms in total. The first kappa shape index (κ1) is 11.7. The van der Waals surface area contributed by atoms with Gasteiger partial charge in [0.15, 0.2) is 0 Å². The Labute approximate surface area is 112 Å². The number of fused-ring (bicyclic) bond motifs is 1. The van der Waals surface area contributed by atoms with Gasteiger partial charge in [-0.1, -0.05) is 25.1 Å². The van der Waals surface area contributed by atoms with Crippen LogP contribution in [-0.4, -0.2) is 21.1 Å². The van der Waals surface area contributed by atoms with Gasteiger partial charge in [0.25, 0.3) is 0 Å². The molecule has 4 heteroatoms. The highest BCUT2D eigenvalue weighted by molar-refractivity contribution is 5.80. The molecule has 0 unspecified atom stereocenters. The number of hydrogen-bond donors (Lipinski definition) is 1. The van der Waals surface area contributed by atoms with Crippen LogP contribution in [0.3, 0.4) is 0 Å². The van der Waals surface area contributed by atoms with Crippen molar-refractivity contribution in [3.05, 3.63) is 48.9 Å². The van der Waals surface area contributed by atoms with Gasteiger partial charge >= 0.3 is 0 Å². The first-order valence-electron chi connectivity index (χ1n) is 6.51. The average Bonchev–Trinajstić information content (AvgIpc) is 2.93. The van der Waals surface area contributed by atoms with Gasteiger partial charge in [0.1, 0.15) is 0 Å². The summed E-state index contributed by atoms with van der Waals surface area (Å²) in [4.78, 5) is 8.82. The molecule has 0 radical (unpaired) electrons. The zero-order chi connectivity index (χ0) is 13.1. The lowest BCUT2D eigenvalue weighted by Gasteiger charge is -2.09. The van der Waals surface area contributed by atoms with Crippen molar-refractivity contribution in [1.29, 1.82) is 0 Å². The molecule has 0 aliphatic heterocycles. The van der Waals surface area contributed by atoms with Crippen LogP contribution in [0.4, 0.5) is 5.95 Å². The quantitative estimate of drug-likeness (QED) is 0.775. The Balaban J connectivity index is 2.01. The van der Waals surface area contributed by atoms with Gasteiger partial charge in [-0.15, -0.1) is 0 Å². The summed E-state index contributed by atoms with van der Waals surface area (Å²) in [6.45, 7) is 3.05. The Morgan fingerprint density at radius 3 is 3.00 bits per heavy atom. The number of nitrogens with zero attached hydrogens (tertiary/aromatic N) is 3. The van der Waals surface area contributed by atoms with E-state index in [4.69, 9.17) is 0 Å². The normalized spacial score (nSPS) is 10.8. The van der Waals surface area contributed by atoms with Gasteiger partial charge in [-0.25, -0.2) is 4.98 Å². The lowest BCUT2D eigenvalue weighted by atomic mass is 10.2. The highest BCUT2D eigenvalue weighted by atomic mass is 15.2. The van der Waals surface area contributed by atoms with Crippen LogP contribution >= 0.6 is 0 Å². The first-order chi connectivity index (χ1) is 9.38. The topological polar surface area (TPSA) is 42.7 Å². The van der Waals surface area contributed by atoms with E-state index in [1.165, 1.54) is 0 Å². The molecule has 96 valence electrons. The molecule has 0 aliphatic rings. The molecular formula is C15H16N4. The molecule has 1 aromatic carbocycles. The van der Waals surface area contributed by atoms with Crippen molar-refractivity contribution in [2.45, 2.75) is 13.3 Å². The second-order valence-corrected chi connectivity index (χ2v) is 4.43. The highest BCUT2D eigenvalue weighted by Crippen LogP contribution is 2.18. The molecule has 3 aromatic rings. The summed E-state index contributed by atoms with van der Waals surface area (Å²) < 4.78 is 2.02. The molecule has 0 atom stereocenters. The average molecular weight is 252 g/mol. The van der Waals surface area contributed by atoms with E-state index >= 15 is 0 Å². The number of para-hydroxylation sites is 1. The number of nitrogens with one attached hydrogen (secondary N) is 1. The Morgan fingerprint density at radius 1 is 1.21 bits per heavy atom. The summed E-state index contributed by atoms with van der Waals surface area (Å²) in [5.41, 5.74) is 2.03. The van der Waals surface area contributed by atoms with Crippen LogP contribution < -0.4 is 5.32 Å². The fourth-order valence-electron chi connectivity index (χ4n) is 2.07. The van der Waals surface area contributed by atoms with Crippen LogP contribution in [0.2, 0.25) is 0 Å². The van der Waals surface area contributed by atoms with E-state index in [0.29, 0.717) is 0 Å². The van der Waals surface area contributed by atoms with E-state index in [0.717, 1.165) is 35.5 Å². The molecule has 0 saturated carbocycles. The lowest BCUT2D eigenvalue weighted by Crippen LogP contribution is -2.06. The maximum absolute atomic E-state index is 4.48. The molecule has 1 N–H and O–H groups in total. The van der Waals surface area contributed by atoms with Crippen LogP contribution in [0.25, 0.3) is 16.6 Å². The second kappa shape index (κ2) is 5.10. The minimum Gasteiger partial charge on any atom is -0.355 e. The van der Waals surface area contributed by atoms with Crippen molar-refractivity contribution in [1.82, 2.24) is 14.5 Å². The standard InChI is InChI=1S/C15H16N4/c1-2-7-16-15-17-8-9-19(15)13-10-12-5-3-4-6-14(12)18-11-13/h3-6,8-11H,2,7H2,1H3,(H,16,17). The van der Waals surface area contributed by atoms with Gasteiger partial charge in [0.2, 0.25) is 5.95 Å². The molecular weight excluding hydrogens is 236 g/mol. The number of anilines is 1. The van der Waals surface area contributed by atoms with Crippen molar-refractivity contribution >= 4 is 16.9 Å². The van der Waals surface area contributed by atoms with Crippen molar-refractivity contribution in [3.63, 3.8) is 0 Å². The van der Waals surface area contributed by atoms with Crippen LogP contribution in [0.1, 0.15) is 13.3 Å². The molecule has 2 aromatic heterocycles. The Kier molecular flexibility index (Phi) is 3.14. The van der Waals surface area contributed by atoms with Crippen molar-refractivity contribution in [3.8, 4) is 5.69 Å². The predicted molar refractivity (Wildman–Crippen MR) is 77.6 cm³/mol. The van der Waals surface area contributed by atoms with Gasteiger partial charge in [-0.3, -0.25) is 9.55 Å². The molecule has 0 fully saturated rings. The molecule has 0 spiro atoms. The van der Waals surface area contributed by atoms with Crippen LogP contribution in [0.15, 0.2) is 48.9 Å². The van der Waals surface area contributed by atoms with Gasteiger partial charge in [-0.05, 0) is 18.6 Å². The summed E-state index contributed by atoms with van der Waals surface area (Å²) in [5, 5.41) is 4.45. The molecule has 3 rings (SSSR count). The molecule has 0 amide bonds.